The maximum Gasteiger partial charge on any atom is 0.191 e. The molecule has 2 aliphatic rings. The van der Waals surface area contributed by atoms with E-state index in [1.807, 2.05) is 4.68 Å². The molecule has 0 bridgehead atoms. The van der Waals surface area contributed by atoms with Crippen molar-refractivity contribution in [2.45, 2.75) is 71.1 Å². The summed E-state index contributed by atoms with van der Waals surface area (Å²) >= 11 is 0. The van der Waals surface area contributed by atoms with Crippen LogP contribution in [0.3, 0.4) is 0 Å². The van der Waals surface area contributed by atoms with Gasteiger partial charge in [0.05, 0.1) is 19.2 Å². The zero-order valence-corrected chi connectivity index (χ0v) is 14.8. The fraction of sp³-hybridized carbons (Fsp3) is 0.824. The Morgan fingerprint density at radius 1 is 1.46 bits per heavy atom. The third kappa shape index (κ3) is 3.88. The highest BCUT2D eigenvalue weighted by Crippen LogP contribution is 2.36. The van der Waals surface area contributed by atoms with Crippen LogP contribution in [-0.2, 0) is 13.0 Å². The van der Waals surface area contributed by atoms with E-state index in [9.17, 15) is 5.11 Å². The third-order valence-electron chi connectivity index (χ3n) is 5.37. The van der Waals surface area contributed by atoms with Crippen molar-refractivity contribution in [1.29, 1.82) is 0 Å². The summed E-state index contributed by atoms with van der Waals surface area (Å²) in [5.74, 6) is 1.90. The lowest BCUT2D eigenvalue weighted by Crippen LogP contribution is -2.48. The minimum absolute atomic E-state index is 0.105. The van der Waals surface area contributed by atoms with Crippen LogP contribution in [0.2, 0.25) is 0 Å². The van der Waals surface area contributed by atoms with Crippen LogP contribution >= 0.6 is 0 Å². The first-order valence-corrected chi connectivity index (χ1v) is 9.20. The van der Waals surface area contributed by atoms with Crippen molar-refractivity contribution in [3.8, 4) is 0 Å². The number of aliphatic hydroxyl groups is 1. The molecule has 1 saturated carbocycles. The van der Waals surface area contributed by atoms with Gasteiger partial charge in [-0.25, -0.2) is 9.67 Å². The summed E-state index contributed by atoms with van der Waals surface area (Å²) in [4.78, 5) is 9.06. The summed E-state index contributed by atoms with van der Waals surface area (Å²) in [6.45, 7) is 6.54. The van der Waals surface area contributed by atoms with Crippen molar-refractivity contribution in [3.05, 3.63) is 12.2 Å². The fourth-order valence-corrected chi connectivity index (χ4v) is 3.69. The van der Waals surface area contributed by atoms with Crippen molar-refractivity contribution in [3.63, 3.8) is 0 Å². The lowest BCUT2D eigenvalue weighted by Gasteiger charge is -2.37. The molecule has 3 N–H and O–H groups in total. The molecule has 134 valence electrons. The van der Waals surface area contributed by atoms with Gasteiger partial charge < -0.3 is 15.7 Å². The molecule has 2 heterocycles. The Bertz CT molecular complexity index is 571. The fourth-order valence-electron chi connectivity index (χ4n) is 3.69. The number of rotatable bonds is 4. The predicted molar refractivity (Wildman–Crippen MR) is 93.8 cm³/mol. The Kier molecular flexibility index (Phi) is 5.38. The summed E-state index contributed by atoms with van der Waals surface area (Å²) < 4.78 is 1.97. The van der Waals surface area contributed by atoms with Crippen LogP contribution in [0.5, 0.6) is 0 Å². The largest absolute Gasteiger partial charge is 0.392 e. The summed E-state index contributed by atoms with van der Waals surface area (Å²) in [5, 5.41) is 21.5. The SMILES string of the molecule is CCNC(=NCC1(C)CCCCC1O)NC1CCc2ncnn2C1. The zero-order chi connectivity index (χ0) is 17.0. The number of aromatic nitrogens is 3. The number of nitrogens with zero attached hydrogens (tertiary/aromatic N) is 4. The molecular formula is C17H30N6O. The topological polar surface area (TPSA) is 87.4 Å². The number of hydrogen-bond donors (Lipinski definition) is 3. The van der Waals surface area contributed by atoms with E-state index in [2.05, 4.69) is 34.6 Å². The standard InChI is InChI=1S/C17H30N6O/c1-3-18-16(19-11-17(2)9-5-4-6-14(17)24)22-13-7-8-15-20-12-21-23(15)10-13/h12-14,24H,3-11H2,1-2H3,(H2,18,19,22). The minimum Gasteiger partial charge on any atom is -0.392 e. The maximum atomic E-state index is 10.3. The van der Waals surface area contributed by atoms with E-state index < -0.39 is 0 Å². The molecule has 24 heavy (non-hydrogen) atoms. The van der Waals surface area contributed by atoms with Gasteiger partial charge in [0.2, 0.25) is 0 Å². The van der Waals surface area contributed by atoms with E-state index in [1.54, 1.807) is 6.33 Å². The van der Waals surface area contributed by atoms with Crippen LogP contribution in [0.25, 0.3) is 0 Å². The van der Waals surface area contributed by atoms with Gasteiger partial charge >= 0.3 is 0 Å². The Morgan fingerprint density at radius 2 is 2.33 bits per heavy atom. The number of aliphatic hydroxyl groups excluding tert-OH is 1. The molecule has 3 rings (SSSR count). The molecule has 1 aromatic heterocycles. The normalized spacial score (nSPS) is 30.7. The number of nitrogens with one attached hydrogen (secondary N) is 2. The molecule has 1 aliphatic carbocycles. The number of aryl methyl sites for hydroxylation is 1. The molecular weight excluding hydrogens is 304 g/mol. The van der Waals surface area contributed by atoms with Crippen LogP contribution in [0.15, 0.2) is 11.3 Å². The van der Waals surface area contributed by atoms with Crippen molar-refractivity contribution < 1.29 is 5.11 Å². The molecule has 3 atom stereocenters. The molecule has 0 spiro atoms. The first kappa shape index (κ1) is 17.2. The van der Waals surface area contributed by atoms with Crippen molar-refractivity contribution in [2.75, 3.05) is 13.1 Å². The minimum atomic E-state index is -0.245. The van der Waals surface area contributed by atoms with Gasteiger partial charge in [-0.15, -0.1) is 0 Å². The molecule has 0 saturated heterocycles. The molecule has 3 unspecified atom stereocenters. The maximum absolute atomic E-state index is 10.3. The second kappa shape index (κ2) is 7.51. The average Bonchev–Trinajstić information content (AvgIpc) is 3.04. The lowest BCUT2D eigenvalue weighted by atomic mass is 9.73. The Hall–Kier alpha value is -1.63. The Balaban J connectivity index is 1.62. The highest BCUT2D eigenvalue weighted by Gasteiger charge is 2.35. The quantitative estimate of drug-likeness (QED) is 0.567. The van der Waals surface area contributed by atoms with Gasteiger partial charge in [-0.05, 0) is 26.2 Å². The van der Waals surface area contributed by atoms with Crippen molar-refractivity contribution >= 4 is 5.96 Å². The van der Waals surface area contributed by atoms with E-state index in [-0.39, 0.29) is 11.5 Å². The highest BCUT2D eigenvalue weighted by atomic mass is 16.3. The van der Waals surface area contributed by atoms with Gasteiger partial charge in [0.1, 0.15) is 12.2 Å². The predicted octanol–water partition coefficient (Wildman–Crippen LogP) is 1.09. The molecule has 0 radical (unpaired) electrons. The molecule has 7 nitrogen and oxygen atoms in total. The van der Waals surface area contributed by atoms with Gasteiger partial charge in [-0.1, -0.05) is 19.8 Å². The van der Waals surface area contributed by atoms with Crippen molar-refractivity contribution in [2.24, 2.45) is 10.4 Å². The monoisotopic (exact) mass is 334 g/mol. The van der Waals surface area contributed by atoms with E-state index in [0.29, 0.717) is 12.6 Å². The summed E-state index contributed by atoms with van der Waals surface area (Å²) in [6, 6.07) is 0.307. The molecule has 1 aromatic rings. The van der Waals surface area contributed by atoms with Gasteiger partial charge in [-0.3, -0.25) is 4.99 Å². The first-order chi connectivity index (χ1) is 11.6. The number of hydrogen-bond acceptors (Lipinski definition) is 4. The van der Waals surface area contributed by atoms with Gasteiger partial charge in [0.15, 0.2) is 5.96 Å². The molecule has 0 amide bonds. The van der Waals surface area contributed by atoms with E-state index in [1.165, 1.54) is 6.42 Å². The Morgan fingerprint density at radius 3 is 3.12 bits per heavy atom. The molecule has 1 aliphatic heterocycles. The van der Waals surface area contributed by atoms with Gasteiger partial charge in [0.25, 0.3) is 0 Å². The van der Waals surface area contributed by atoms with Crippen LogP contribution < -0.4 is 10.6 Å². The third-order valence-corrected chi connectivity index (χ3v) is 5.37. The number of guanidine groups is 1. The van der Waals surface area contributed by atoms with Crippen LogP contribution in [0.1, 0.15) is 51.8 Å². The molecule has 7 heteroatoms. The molecule has 1 fully saturated rings. The van der Waals surface area contributed by atoms with E-state index >= 15 is 0 Å². The number of aliphatic imine (C=N–C) groups is 1. The van der Waals surface area contributed by atoms with Crippen LogP contribution in [0, 0.1) is 5.41 Å². The average molecular weight is 334 g/mol. The second-order valence-corrected chi connectivity index (χ2v) is 7.35. The zero-order valence-electron chi connectivity index (χ0n) is 14.8. The smallest absolute Gasteiger partial charge is 0.191 e. The van der Waals surface area contributed by atoms with E-state index in [0.717, 1.165) is 57.0 Å². The summed E-state index contributed by atoms with van der Waals surface area (Å²) in [5.41, 5.74) is -0.105. The van der Waals surface area contributed by atoms with E-state index in [4.69, 9.17) is 4.99 Å². The summed E-state index contributed by atoms with van der Waals surface area (Å²) in [7, 11) is 0. The highest BCUT2D eigenvalue weighted by molar-refractivity contribution is 5.80. The lowest BCUT2D eigenvalue weighted by molar-refractivity contribution is 0.00715. The Labute approximate surface area is 144 Å². The second-order valence-electron chi connectivity index (χ2n) is 7.35. The van der Waals surface area contributed by atoms with Gasteiger partial charge in [-0.2, -0.15) is 5.10 Å². The summed E-state index contributed by atoms with van der Waals surface area (Å²) in [6.07, 6.45) is 7.60. The number of fused-ring (bicyclic) bond motifs is 1. The molecule has 0 aromatic carbocycles. The van der Waals surface area contributed by atoms with Crippen LogP contribution in [-0.4, -0.2) is 51.1 Å². The first-order valence-electron chi connectivity index (χ1n) is 9.20. The van der Waals surface area contributed by atoms with Crippen LogP contribution in [0.4, 0.5) is 0 Å². The van der Waals surface area contributed by atoms with Gasteiger partial charge in [0, 0.05) is 24.4 Å². The van der Waals surface area contributed by atoms with Crippen molar-refractivity contribution in [1.82, 2.24) is 25.4 Å².